The first-order valence-electron chi connectivity index (χ1n) is 10.3. The van der Waals surface area contributed by atoms with E-state index >= 15 is 0 Å². The molecule has 3 aromatic rings. The summed E-state index contributed by atoms with van der Waals surface area (Å²) in [7, 11) is 0. The predicted octanol–water partition coefficient (Wildman–Crippen LogP) is 5.98. The van der Waals surface area contributed by atoms with Gasteiger partial charge in [0.05, 0.1) is 4.91 Å². The number of imide groups is 1. The summed E-state index contributed by atoms with van der Waals surface area (Å²) in [5.41, 5.74) is 1.20. The monoisotopic (exact) mass is 558 g/mol. The van der Waals surface area contributed by atoms with Gasteiger partial charge >= 0.3 is 0 Å². The van der Waals surface area contributed by atoms with E-state index in [9.17, 15) is 23.2 Å². The lowest BCUT2D eigenvalue weighted by Gasteiger charge is -2.13. The summed E-state index contributed by atoms with van der Waals surface area (Å²) >= 11 is 4.07. The third-order valence-electron chi connectivity index (χ3n) is 4.90. The van der Waals surface area contributed by atoms with E-state index in [1.54, 1.807) is 36.4 Å². The molecule has 4 rings (SSSR count). The summed E-state index contributed by atoms with van der Waals surface area (Å²) in [6.45, 7) is -0.519. The molecule has 0 saturated carbocycles. The minimum Gasteiger partial charge on any atom is -0.488 e. The summed E-state index contributed by atoms with van der Waals surface area (Å²) in [6.07, 6.45) is 1.49. The highest BCUT2D eigenvalue weighted by atomic mass is 79.9. The van der Waals surface area contributed by atoms with Crippen molar-refractivity contribution in [1.29, 1.82) is 0 Å². The minimum absolute atomic E-state index is 0.0276. The Morgan fingerprint density at radius 2 is 1.80 bits per heavy atom. The van der Waals surface area contributed by atoms with E-state index in [1.807, 2.05) is 0 Å². The van der Waals surface area contributed by atoms with Crippen molar-refractivity contribution in [1.82, 2.24) is 4.90 Å². The van der Waals surface area contributed by atoms with Gasteiger partial charge in [-0.05, 0) is 66.4 Å². The topological polar surface area (TPSA) is 75.7 Å². The number of hydrogen-bond donors (Lipinski definition) is 1. The van der Waals surface area contributed by atoms with Crippen LogP contribution >= 0.6 is 27.7 Å². The zero-order chi connectivity index (χ0) is 24.9. The van der Waals surface area contributed by atoms with Crippen LogP contribution in [0, 0.1) is 11.6 Å². The molecule has 10 heteroatoms. The molecule has 1 N–H and O–H groups in total. The third kappa shape index (κ3) is 6.14. The summed E-state index contributed by atoms with van der Waals surface area (Å²) in [6, 6.07) is 16.4. The summed E-state index contributed by atoms with van der Waals surface area (Å²) in [5, 5.41) is 1.92. The molecule has 1 aliphatic rings. The molecule has 1 saturated heterocycles. The van der Waals surface area contributed by atoms with Gasteiger partial charge in [0.2, 0.25) is 5.91 Å². The van der Waals surface area contributed by atoms with Crippen LogP contribution in [-0.2, 0) is 16.2 Å². The van der Waals surface area contributed by atoms with Crippen molar-refractivity contribution in [3.05, 3.63) is 98.9 Å². The van der Waals surface area contributed by atoms with Crippen molar-refractivity contribution >= 4 is 56.5 Å². The SMILES string of the molecule is O=C(CN1C(=O)S/C(=C\c2cc(Br)ccc2OCc2ccccc2F)C1=O)Nc1ccc(F)cc1. The number of nitrogens with one attached hydrogen (secondary N) is 1. The molecule has 1 heterocycles. The molecule has 1 aliphatic heterocycles. The Morgan fingerprint density at radius 1 is 1.06 bits per heavy atom. The molecule has 178 valence electrons. The highest BCUT2D eigenvalue weighted by molar-refractivity contribution is 9.10. The van der Waals surface area contributed by atoms with Crippen LogP contribution in [0.2, 0.25) is 0 Å². The van der Waals surface area contributed by atoms with E-state index in [0.29, 0.717) is 38.8 Å². The number of amides is 3. The van der Waals surface area contributed by atoms with Crippen LogP contribution in [0.5, 0.6) is 5.75 Å². The smallest absolute Gasteiger partial charge is 0.294 e. The highest BCUT2D eigenvalue weighted by Crippen LogP contribution is 2.35. The predicted molar refractivity (Wildman–Crippen MR) is 133 cm³/mol. The number of ether oxygens (including phenoxy) is 1. The van der Waals surface area contributed by atoms with Crippen LogP contribution in [0.3, 0.4) is 0 Å². The second-order valence-electron chi connectivity index (χ2n) is 7.39. The Bertz CT molecular complexity index is 1330. The fourth-order valence-corrected chi connectivity index (χ4v) is 4.40. The first-order chi connectivity index (χ1) is 16.8. The maximum absolute atomic E-state index is 13.9. The number of anilines is 1. The Labute approximate surface area is 212 Å². The largest absolute Gasteiger partial charge is 0.488 e. The number of thioether (sulfide) groups is 1. The quantitative estimate of drug-likeness (QED) is 0.361. The summed E-state index contributed by atoms with van der Waals surface area (Å²) < 4.78 is 33.5. The van der Waals surface area contributed by atoms with Crippen molar-refractivity contribution in [2.45, 2.75) is 6.61 Å². The van der Waals surface area contributed by atoms with Gasteiger partial charge in [-0.3, -0.25) is 19.3 Å². The van der Waals surface area contributed by atoms with Crippen molar-refractivity contribution in [3.8, 4) is 5.75 Å². The molecule has 0 spiro atoms. The zero-order valence-corrected chi connectivity index (χ0v) is 20.4. The van der Waals surface area contributed by atoms with Crippen LogP contribution in [0.4, 0.5) is 19.3 Å². The molecular weight excluding hydrogens is 542 g/mol. The van der Waals surface area contributed by atoms with Gasteiger partial charge in [-0.1, -0.05) is 34.1 Å². The van der Waals surface area contributed by atoms with Crippen molar-refractivity contribution in [2.75, 3.05) is 11.9 Å². The van der Waals surface area contributed by atoms with Gasteiger partial charge in [0.25, 0.3) is 11.1 Å². The Kier molecular flexibility index (Phi) is 7.62. The summed E-state index contributed by atoms with van der Waals surface area (Å²) in [5.74, 6) is -1.70. The molecule has 0 bridgehead atoms. The van der Waals surface area contributed by atoms with E-state index in [-0.39, 0.29) is 11.5 Å². The van der Waals surface area contributed by atoms with Gasteiger partial charge in [0.1, 0.15) is 30.5 Å². The molecule has 0 atom stereocenters. The van der Waals surface area contributed by atoms with Crippen LogP contribution in [0.1, 0.15) is 11.1 Å². The minimum atomic E-state index is -0.630. The highest BCUT2D eigenvalue weighted by Gasteiger charge is 2.36. The Balaban J connectivity index is 1.48. The number of halogens is 3. The number of carbonyl (C=O) groups excluding carboxylic acids is 3. The van der Waals surface area contributed by atoms with Crippen LogP contribution < -0.4 is 10.1 Å². The lowest BCUT2D eigenvalue weighted by atomic mass is 10.1. The number of rotatable bonds is 7. The van der Waals surface area contributed by atoms with Gasteiger partial charge in [-0.25, -0.2) is 8.78 Å². The molecule has 0 aliphatic carbocycles. The number of nitrogens with zero attached hydrogens (tertiary/aromatic N) is 1. The van der Waals surface area contributed by atoms with Crippen molar-refractivity contribution in [3.63, 3.8) is 0 Å². The molecule has 35 heavy (non-hydrogen) atoms. The number of benzene rings is 3. The third-order valence-corrected chi connectivity index (χ3v) is 6.30. The molecule has 0 radical (unpaired) electrons. The van der Waals surface area contributed by atoms with Crippen LogP contribution in [0.25, 0.3) is 6.08 Å². The second kappa shape index (κ2) is 10.8. The average molecular weight is 559 g/mol. The van der Waals surface area contributed by atoms with E-state index in [1.165, 1.54) is 36.4 Å². The van der Waals surface area contributed by atoms with Crippen LogP contribution in [0.15, 0.2) is 76.1 Å². The lowest BCUT2D eigenvalue weighted by Crippen LogP contribution is -2.36. The number of hydrogen-bond acceptors (Lipinski definition) is 5. The molecule has 6 nitrogen and oxygen atoms in total. The standard InChI is InChI=1S/C25H17BrF2N2O4S/c26-17-5-10-21(34-14-15-3-1-2-4-20(15)28)16(11-17)12-22-24(32)30(25(33)35-22)13-23(31)29-19-8-6-18(27)7-9-19/h1-12H,13-14H2,(H,29,31)/b22-12-. The number of carbonyl (C=O) groups is 3. The van der Waals surface area contributed by atoms with Crippen molar-refractivity contribution in [2.24, 2.45) is 0 Å². The van der Waals surface area contributed by atoms with E-state index in [0.717, 1.165) is 4.90 Å². The van der Waals surface area contributed by atoms with E-state index in [4.69, 9.17) is 4.74 Å². The van der Waals surface area contributed by atoms with E-state index < -0.39 is 35.2 Å². The first-order valence-corrected chi connectivity index (χ1v) is 11.9. The normalized spacial score (nSPS) is 14.5. The zero-order valence-electron chi connectivity index (χ0n) is 18.0. The lowest BCUT2D eigenvalue weighted by molar-refractivity contribution is -0.127. The fourth-order valence-electron chi connectivity index (χ4n) is 3.19. The maximum atomic E-state index is 13.9. The van der Waals surface area contributed by atoms with Gasteiger partial charge < -0.3 is 10.1 Å². The Morgan fingerprint density at radius 3 is 2.54 bits per heavy atom. The first kappa shape index (κ1) is 24.6. The van der Waals surface area contributed by atoms with Crippen LogP contribution in [-0.4, -0.2) is 28.5 Å². The average Bonchev–Trinajstić information content (AvgIpc) is 3.08. The van der Waals surface area contributed by atoms with E-state index in [2.05, 4.69) is 21.2 Å². The molecule has 1 fully saturated rings. The van der Waals surface area contributed by atoms with Gasteiger partial charge in [-0.2, -0.15) is 0 Å². The maximum Gasteiger partial charge on any atom is 0.294 e. The molecule has 0 aromatic heterocycles. The molecule has 3 aromatic carbocycles. The summed E-state index contributed by atoms with van der Waals surface area (Å²) in [4.78, 5) is 38.5. The van der Waals surface area contributed by atoms with Gasteiger partial charge in [0.15, 0.2) is 0 Å². The van der Waals surface area contributed by atoms with Crippen molar-refractivity contribution < 1.29 is 27.9 Å². The molecule has 0 unspecified atom stereocenters. The second-order valence-corrected chi connectivity index (χ2v) is 9.29. The molecule has 3 amide bonds. The van der Waals surface area contributed by atoms with Gasteiger partial charge in [0, 0.05) is 21.3 Å². The fraction of sp³-hybridized carbons (Fsp3) is 0.0800. The Hall–Kier alpha value is -3.50. The molecular formula is C25H17BrF2N2O4S. The van der Waals surface area contributed by atoms with Gasteiger partial charge in [-0.15, -0.1) is 0 Å².